The maximum atomic E-state index is 2.37. The molecule has 0 radical (unpaired) electrons. The average Bonchev–Trinajstić information content (AvgIpc) is 3.06. The first-order chi connectivity index (χ1) is 10.7. The molecule has 2 heteroatoms. The van der Waals surface area contributed by atoms with Crippen LogP contribution < -0.4 is 0 Å². The third kappa shape index (κ3) is 1.68. The van der Waals surface area contributed by atoms with E-state index in [4.69, 9.17) is 0 Å². The molecule has 106 valence electrons. The largest absolute Gasteiger partial charge is 0.141 e. The van der Waals surface area contributed by atoms with Crippen LogP contribution in [-0.2, 0) is 0 Å². The molecule has 0 atom stereocenters. The lowest BCUT2D eigenvalue weighted by atomic mass is 9.99. The second kappa shape index (κ2) is 4.31. The Morgan fingerprint density at radius 3 is 1.45 bits per heavy atom. The number of aryl methyl sites for hydroxylation is 2. The van der Waals surface area contributed by atoms with Gasteiger partial charge in [0.05, 0.1) is 0 Å². The van der Waals surface area contributed by atoms with Crippen LogP contribution in [0.15, 0.2) is 48.5 Å². The van der Waals surface area contributed by atoms with Gasteiger partial charge in [-0.15, -0.1) is 22.7 Å². The second-order valence-electron chi connectivity index (χ2n) is 5.96. The van der Waals surface area contributed by atoms with E-state index in [9.17, 15) is 0 Å². The van der Waals surface area contributed by atoms with E-state index >= 15 is 0 Å². The van der Waals surface area contributed by atoms with Crippen LogP contribution in [0, 0.1) is 13.8 Å². The van der Waals surface area contributed by atoms with Crippen molar-refractivity contribution < 1.29 is 0 Å². The third-order valence-electron chi connectivity index (χ3n) is 4.40. The van der Waals surface area contributed by atoms with Gasteiger partial charge in [-0.2, -0.15) is 0 Å². The monoisotopic (exact) mass is 318 g/mol. The topological polar surface area (TPSA) is 0 Å². The molecular weight excluding hydrogens is 304 g/mol. The minimum absolute atomic E-state index is 1.34. The summed E-state index contributed by atoms with van der Waals surface area (Å²) in [4.78, 5) is 2.76. The van der Waals surface area contributed by atoms with E-state index in [1.807, 2.05) is 22.7 Å². The maximum Gasteiger partial charge on any atom is 0.0352 e. The number of benzene rings is 3. The lowest BCUT2D eigenvalue weighted by Gasteiger charge is -2.05. The molecule has 5 rings (SSSR count). The summed E-state index contributed by atoms with van der Waals surface area (Å²) in [5.74, 6) is 0. The summed E-state index contributed by atoms with van der Waals surface area (Å²) in [6, 6.07) is 18.4. The van der Waals surface area contributed by atoms with Gasteiger partial charge in [0.25, 0.3) is 0 Å². The molecule has 0 aliphatic rings. The van der Waals surface area contributed by atoms with Gasteiger partial charge in [-0.25, -0.2) is 0 Å². The molecule has 0 spiro atoms. The highest BCUT2D eigenvalue weighted by atomic mass is 32.1. The zero-order chi connectivity index (χ0) is 14.8. The average molecular weight is 318 g/mol. The summed E-state index contributed by atoms with van der Waals surface area (Å²) in [5.41, 5.74) is 0. The zero-order valence-electron chi connectivity index (χ0n) is 12.4. The van der Waals surface area contributed by atoms with Crippen molar-refractivity contribution in [1.29, 1.82) is 0 Å². The highest BCUT2D eigenvalue weighted by Crippen LogP contribution is 2.37. The van der Waals surface area contributed by atoms with E-state index in [1.54, 1.807) is 0 Å². The van der Waals surface area contributed by atoms with Gasteiger partial charge in [0.1, 0.15) is 0 Å². The van der Waals surface area contributed by atoms with Crippen molar-refractivity contribution in [2.24, 2.45) is 0 Å². The molecular formula is C20H14S2. The minimum Gasteiger partial charge on any atom is -0.141 e. The van der Waals surface area contributed by atoms with Crippen LogP contribution in [0.1, 0.15) is 9.75 Å². The van der Waals surface area contributed by atoms with Gasteiger partial charge in [-0.1, -0.05) is 12.1 Å². The van der Waals surface area contributed by atoms with E-state index in [1.165, 1.54) is 51.5 Å². The molecule has 0 N–H and O–H groups in total. The summed E-state index contributed by atoms with van der Waals surface area (Å²) in [7, 11) is 0. The van der Waals surface area contributed by atoms with Gasteiger partial charge in [-0.3, -0.25) is 0 Å². The summed E-state index contributed by atoms with van der Waals surface area (Å²) in [6.45, 7) is 4.38. The molecule has 0 unspecified atom stereocenters. The smallest absolute Gasteiger partial charge is 0.0352 e. The van der Waals surface area contributed by atoms with Crippen molar-refractivity contribution >= 4 is 64.4 Å². The Kier molecular flexibility index (Phi) is 2.47. The van der Waals surface area contributed by atoms with Gasteiger partial charge >= 0.3 is 0 Å². The third-order valence-corrected chi connectivity index (χ3v) is 6.43. The van der Waals surface area contributed by atoms with Crippen LogP contribution in [0.2, 0.25) is 0 Å². The summed E-state index contributed by atoms with van der Waals surface area (Å²) >= 11 is 3.76. The number of fused-ring (bicyclic) bond motifs is 6. The summed E-state index contributed by atoms with van der Waals surface area (Å²) in [5, 5.41) is 8.22. The molecule has 3 aromatic carbocycles. The highest BCUT2D eigenvalue weighted by molar-refractivity contribution is 7.19. The molecule has 0 saturated carbocycles. The van der Waals surface area contributed by atoms with E-state index in [0.717, 1.165) is 0 Å². The zero-order valence-corrected chi connectivity index (χ0v) is 14.1. The predicted octanol–water partition coefficient (Wildman–Crippen LogP) is 7.04. The van der Waals surface area contributed by atoms with Gasteiger partial charge in [0.15, 0.2) is 0 Å². The molecule has 0 aliphatic heterocycles. The van der Waals surface area contributed by atoms with Gasteiger partial charge in [0.2, 0.25) is 0 Å². The van der Waals surface area contributed by atoms with Crippen molar-refractivity contribution in [3.05, 3.63) is 58.3 Å². The van der Waals surface area contributed by atoms with Gasteiger partial charge in [-0.05, 0) is 71.8 Å². The summed E-state index contributed by atoms with van der Waals surface area (Å²) in [6.07, 6.45) is 0. The van der Waals surface area contributed by atoms with Crippen molar-refractivity contribution in [2.75, 3.05) is 0 Å². The number of rotatable bonds is 0. The Hall–Kier alpha value is -1.90. The van der Waals surface area contributed by atoms with Crippen LogP contribution >= 0.6 is 22.7 Å². The van der Waals surface area contributed by atoms with Crippen LogP contribution in [0.25, 0.3) is 41.7 Å². The van der Waals surface area contributed by atoms with E-state index in [2.05, 4.69) is 62.4 Å². The molecule has 0 aliphatic carbocycles. The fraction of sp³-hybridized carbons (Fsp3) is 0.100. The van der Waals surface area contributed by atoms with Crippen molar-refractivity contribution in [3.63, 3.8) is 0 Å². The number of thiophene rings is 2. The first kappa shape index (κ1) is 12.6. The standard InChI is InChI=1S/C20H14S2/c1-11-7-17-15-9-14-4-6-20-18(8-12(2)22-20)16(14)10-13(15)3-5-19(17)21-11/h3-10H,1-2H3. The molecule has 0 saturated heterocycles. The molecule has 2 aromatic heterocycles. The fourth-order valence-corrected chi connectivity index (χ4v) is 5.32. The van der Waals surface area contributed by atoms with E-state index in [0.29, 0.717) is 0 Å². The fourth-order valence-electron chi connectivity index (χ4n) is 3.44. The Bertz CT molecular complexity index is 1090. The van der Waals surface area contributed by atoms with Crippen LogP contribution in [0.5, 0.6) is 0 Å². The molecule has 0 nitrogen and oxygen atoms in total. The van der Waals surface area contributed by atoms with Crippen molar-refractivity contribution in [3.8, 4) is 0 Å². The van der Waals surface area contributed by atoms with E-state index < -0.39 is 0 Å². The molecule has 0 bridgehead atoms. The van der Waals surface area contributed by atoms with E-state index in [-0.39, 0.29) is 0 Å². The molecule has 22 heavy (non-hydrogen) atoms. The van der Waals surface area contributed by atoms with Gasteiger partial charge in [0, 0.05) is 29.9 Å². The molecule has 5 aromatic rings. The Labute approximate surface area is 136 Å². The lowest BCUT2D eigenvalue weighted by Crippen LogP contribution is -1.78. The Balaban J connectivity index is 2.00. The molecule has 2 heterocycles. The number of hydrogen-bond acceptors (Lipinski definition) is 2. The van der Waals surface area contributed by atoms with Crippen LogP contribution in [-0.4, -0.2) is 0 Å². The number of hydrogen-bond donors (Lipinski definition) is 0. The SMILES string of the molecule is Cc1cc2c(ccc3cc4c(ccc5sc(C)cc54)cc32)s1. The lowest BCUT2D eigenvalue weighted by molar-refractivity contribution is 1.66. The minimum atomic E-state index is 1.34. The normalized spacial score (nSPS) is 12.1. The predicted molar refractivity (Wildman–Crippen MR) is 102 cm³/mol. The first-order valence-electron chi connectivity index (χ1n) is 7.45. The second-order valence-corrected chi connectivity index (χ2v) is 8.54. The van der Waals surface area contributed by atoms with Crippen LogP contribution in [0.4, 0.5) is 0 Å². The van der Waals surface area contributed by atoms with Crippen LogP contribution in [0.3, 0.4) is 0 Å². The highest BCUT2D eigenvalue weighted by Gasteiger charge is 2.08. The van der Waals surface area contributed by atoms with Crippen molar-refractivity contribution in [2.45, 2.75) is 13.8 Å². The Morgan fingerprint density at radius 1 is 0.545 bits per heavy atom. The quantitative estimate of drug-likeness (QED) is 0.269. The van der Waals surface area contributed by atoms with Crippen molar-refractivity contribution in [1.82, 2.24) is 0 Å². The maximum absolute atomic E-state index is 2.37. The Morgan fingerprint density at radius 2 is 1.00 bits per heavy atom. The first-order valence-corrected chi connectivity index (χ1v) is 9.08. The molecule has 0 amide bonds. The van der Waals surface area contributed by atoms with Gasteiger partial charge < -0.3 is 0 Å². The molecule has 0 fully saturated rings. The summed E-state index contributed by atoms with van der Waals surface area (Å²) < 4.78 is 2.77.